The van der Waals surface area contributed by atoms with Gasteiger partial charge in [-0.3, -0.25) is 0 Å². The molecule has 0 aliphatic heterocycles. The molecule has 1 aromatic rings. The topological polar surface area (TPSA) is 35.2 Å². The summed E-state index contributed by atoms with van der Waals surface area (Å²) < 4.78 is 5.63. The first-order valence-electron chi connectivity index (χ1n) is 5.10. The summed E-state index contributed by atoms with van der Waals surface area (Å²) in [6, 6.07) is 6.11. The smallest absolute Gasteiger partial charge is 0.149 e. The minimum atomic E-state index is 0.443. The summed E-state index contributed by atoms with van der Waals surface area (Å²) >= 11 is 0. The first-order valence-corrected chi connectivity index (χ1v) is 5.10. The van der Waals surface area contributed by atoms with Gasteiger partial charge in [0.2, 0.25) is 0 Å². The molecule has 0 bridgehead atoms. The highest BCUT2D eigenvalue weighted by Gasteiger charge is 2.05. The number of aryl methyl sites for hydroxylation is 1. The molecule has 2 heteroatoms. The fourth-order valence-corrected chi connectivity index (χ4v) is 1.45. The van der Waals surface area contributed by atoms with Crippen LogP contribution in [0.4, 0.5) is 0 Å². The van der Waals surface area contributed by atoms with Crippen LogP contribution in [0.25, 0.3) is 0 Å². The Morgan fingerprint density at radius 2 is 2.20 bits per heavy atom. The molecule has 1 rings (SSSR count). The van der Waals surface area contributed by atoms with Crippen LogP contribution in [0.5, 0.6) is 5.75 Å². The lowest BCUT2D eigenvalue weighted by atomic mass is 10.1. The Balaban J connectivity index is 2.84. The fourth-order valence-electron chi connectivity index (χ4n) is 1.45. The molecule has 0 aliphatic carbocycles. The Labute approximate surface area is 91.4 Å². The molecule has 15 heavy (non-hydrogen) atoms. The molecular weight excluding hydrogens is 186 g/mol. The zero-order valence-corrected chi connectivity index (χ0v) is 9.34. The minimum absolute atomic E-state index is 0.443. The molecule has 2 N–H and O–H groups in total. The minimum Gasteiger partial charge on any atom is -0.480 e. The maximum absolute atomic E-state index is 5.63. The lowest BCUT2D eigenvalue weighted by Crippen LogP contribution is -2.06. The molecule has 0 fully saturated rings. The summed E-state index contributed by atoms with van der Waals surface area (Å²) in [6.45, 7) is 4.93. The number of rotatable bonds is 4. The molecule has 0 saturated heterocycles. The fraction of sp³-hybridized carbons (Fsp3) is 0.385. The summed E-state index contributed by atoms with van der Waals surface area (Å²) in [5.74, 6) is 6.63. The molecule has 1 aromatic carbocycles. The van der Waals surface area contributed by atoms with Crippen LogP contribution in [0, 0.1) is 18.8 Å². The Hall–Kier alpha value is -1.46. The van der Waals surface area contributed by atoms with E-state index in [1.165, 1.54) is 0 Å². The molecule has 0 unspecified atom stereocenters. The van der Waals surface area contributed by atoms with Crippen molar-refractivity contribution in [2.75, 3.05) is 13.2 Å². The van der Waals surface area contributed by atoms with E-state index in [0.717, 1.165) is 23.3 Å². The van der Waals surface area contributed by atoms with Crippen LogP contribution in [0.2, 0.25) is 0 Å². The molecule has 0 amide bonds. The predicted molar refractivity (Wildman–Crippen MR) is 62.9 cm³/mol. The lowest BCUT2D eigenvalue weighted by molar-refractivity contribution is 0.363. The van der Waals surface area contributed by atoms with Gasteiger partial charge in [0.1, 0.15) is 12.4 Å². The molecule has 0 heterocycles. The van der Waals surface area contributed by atoms with Crippen LogP contribution in [-0.4, -0.2) is 13.2 Å². The van der Waals surface area contributed by atoms with Crippen molar-refractivity contribution < 1.29 is 4.74 Å². The summed E-state index contributed by atoms with van der Waals surface area (Å²) in [7, 11) is 0. The Kier molecular flexibility index (Phi) is 4.73. The van der Waals surface area contributed by atoms with Crippen molar-refractivity contribution in [3.05, 3.63) is 29.3 Å². The molecule has 2 nitrogen and oxygen atoms in total. The molecule has 0 aromatic heterocycles. The van der Waals surface area contributed by atoms with Gasteiger partial charge in [-0.1, -0.05) is 24.1 Å². The van der Waals surface area contributed by atoms with E-state index in [1.807, 2.05) is 26.0 Å². The molecule has 0 spiro atoms. The van der Waals surface area contributed by atoms with Gasteiger partial charge in [0.15, 0.2) is 0 Å². The van der Waals surface area contributed by atoms with Gasteiger partial charge in [0.25, 0.3) is 0 Å². The van der Waals surface area contributed by atoms with E-state index < -0.39 is 0 Å². The van der Waals surface area contributed by atoms with Crippen molar-refractivity contribution in [1.29, 1.82) is 0 Å². The third-order valence-corrected chi connectivity index (χ3v) is 2.17. The number of para-hydroxylation sites is 1. The zero-order chi connectivity index (χ0) is 11.1. The first-order chi connectivity index (χ1) is 7.29. The zero-order valence-electron chi connectivity index (χ0n) is 9.34. The van der Waals surface area contributed by atoms with Crippen molar-refractivity contribution in [1.82, 2.24) is 0 Å². The monoisotopic (exact) mass is 203 g/mol. The van der Waals surface area contributed by atoms with E-state index >= 15 is 0 Å². The quantitative estimate of drug-likeness (QED) is 0.758. The van der Waals surface area contributed by atoms with Gasteiger partial charge in [-0.15, -0.1) is 5.92 Å². The van der Waals surface area contributed by atoms with Crippen molar-refractivity contribution in [2.24, 2.45) is 5.73 Å². The van der Waals surface area contributed by atoms with E-state index in [0.29, 0.717) is 13.2 Å². The summed E-state index contributed by atoms with van der Waals surface area (Å²) in [4.78, 5) is 0. The molecule has 0 radical (unpaired) electrons. The number of nitrogens with two attached hydrogens (primary N) is 1. The van der Waals surface area contributed by atoms with Gasteiger partial charge >= 0.3 is 0 Å². The van der Waals surface area contributed by atoms with E-state index in [4.69, 9.17) is 10.5 Å². The van der Waals surface area contributed by atoms with Crippen molar-refractivity contribution >= 4 is 0 Å². The van der Waals surface area contributed by atoms with E-state index in [2.05, 4.69) is 17.9 Å². The maximum Gasteiger partial charge on any atom is 0.149 e. The Bertz CT molecular complexity index is 374. The molecule has 0 aliphatic rings. The van der Waals surface area contributed by atoms with Crippen LogP contribution >= 0.6 is 0 Å². The van der Waals surface area contributed by atoms with Crippen LogP contribution in [-0.2, 0) is 6.42 Å². The van der Waals surface area contributed by atoms with Gasteiger partial charge < -0.3 is 10.5 Å². The highest BCUT2D eigenvalue weighted by Crippen LogP contribution is 2.23. The molecule has 0 atom stereocenters. The standard InChI is InChI=1S/C13H17NO/c1-3-4-10-15-13-11(2)6-5-7-12(13)8-9-14/h5-7H,8-10,14H2,1-2H3. The van der Waals surface area contributed by atoms with Crippen LogP contribution < -0.4 is 10.5 Å². The Morgan fingerprint density at radius 3 is 2.87 bits per heavy atom. The van der Waals surface area contributed by atoms with E-state index in [-0.39, 0.29) is 0 Å². The van der Waals surface area contributed by atoms with Crippen molar-refractivity contribution in [3.63, 3.8) is 0 Å². The number of benzene rings is 1. The van der Waals surface area contributed by atoms with Gasteiger partial charge in [-0.05, 0) is 37.9 Å². The SMILES string of the molecule is CC#CCOc1c(C)cccc1CCN. The largest absolute Gasteiger partial charge is 0.480 e. The third kappa shape index (κ3) is 3.30. The summed E-state index contributed by atoms with van der Waals surface area (Å²) in [6.07, 6.45) is 0.844. The van der Waals surface area contributed by atoms with Crippen molar-refractivity contribution in [2.45, 2.75) is 20.3 Å². The van der Waals surface area contributed by atoms with E-state index in [1.54, 1.807) is 0 Å². The summed E-state index contributed by atoms with van der Waals surface area (Å²) in [5.41, 5.74) is 7.85. The highest BCUT2D eigenvalue weighted by atomic mass is 16.5. The van der Waals surface area contributed by atoms with Crippen molar-refractivity contribution in [3.8, 4) is 17.6 Å². The Morgan fingerprint density at radius 1 is 1.40 bits per heavy atom. The van der Waals surface area contributed by atoms with Crippen LogP contribution in [0.3, 0.4) is 0 Å². The lowest BCUT2D eigenvalue weighted by Gasteiger charge is -2.11. The van der Waals surface area contributed by atoms with Gasteiger partial charge in [-0.25, -0.2) is 0 Å². The average Bonchev–Trinajstić information content (AvgIpc) is 2.23. The normalized spacial score (nSPS) is 9.27. The third-order valence-electron chi connectivity index (χ3n) is 2.17. The second kappa shape index (κ2) is 6.10. The number of ether oxygens (including phenoxy) is 1. The maximum atomic E-state index is 5.63. The van der Waals surface area contributed by atoms with Gasteiger partial charge in [-0.2, -0.15) is 0 Å². The second-order valence-corrected chi connectivity index (χ2v) is 3.32. The predicted octanol–water partition coefficient (Wildman–Crippen LogP) is 1.90. The second-order valence-electron chi connectivity index (χ2n) is 3.32. The first kappa shape index (κ1) is 11.6. The highest BCUT2D eigenvalue weighted by molar-refractivity contribution is 5.41. The average molecular weight is 203 g/mol. The van der Waals surface area contributed by atoms with Crippen LogP contribution in [0.15, 0.2) is 18.2 Å². The number of hydrogen-bond acceptors (Lipinski definition) is 2. The summed E-state index contributed by atoms with van der Waals surface area (Å²) in [5, 5.41) is 0. The van der Waals surface area contributed by atoms with Gasteiger partial charge in [0, 0.05) is 0 Å². The molecular formula is C13H17NO. The van der Waals surface area contributed by atoms with Crippen LogP contribution in [0.1, 0.15) is 18.1 Å². The van der Waals surface area contributed by atoms with Gasteiger partial charge in [0.05, 0.1) is 0 Å². The molecule has 0 saturated carbocycles. The van der Waals surface area contributed by atoms with E-state index in [9.17, 15) is 0 Å². The molecule has 80 valence electrons. The number of hydrogen-bond donors (Lipinski definition) is 1.